The van der Waals surface area contributed by atoms with Crippen molar-refractivity contribution in [2.75, 3.05) is 0 Å². The number of amides is 3. The minimum Gasteiger partial charge on any atom is -0.356 e. The van der Waals surface area contributed by atoms with Gasteiger partial charge in [0.15, 0.2) is 0 Å². The van der Waals surface area contributed by atoms with Crippen molar-refractivity contribution in [3.8, 4) is 0 Å². The summed E-state index contributed by atoms with van der Waals surface area (Å²) in [5.41, 5.74) is -1.58. The standard InChI is InChI=1S/C25H33N3O4/c1-15(2)28-19(21(30)27-23(3,4)5)25-13-12-24(6,32-25)17(18(25)22(28)31)20(29)26-14-16-10-8-7-9-11-16/h7-13,15,17-19H,14H2,1-6H3,(H,26,29)(H,27,30). The van der Waals surface area contributed by atoms with Gasteiger partial charge in [-0.25, -0.2) is 0 Å². The Labute approximate surface area is 189 Å². The highest BCUT2D eigenvalue weighted by atomic mass is 16.5. The third-order valence-corrected chi connectivity index (χ3v) is 6.63. The summed E-state index contributed by atoms with van der Waals surface area (Å²) in [5, 5.41) is 6.00. The molecule has 1 aromatic rings. The molecule has 172 valence electrons. The minimum absolute atomic E-state index is 0.206. The second-order valence-corrected chi connectivity index (χ2v) is 10.6. The highest BCUT2D eigenvalue weighted by Gasteiger charge is 2.76. The highest BCUT2D eigenvalue weighted by Crippen LogP contribution is 2.60. The number of likely N-dealkylation sites (tertiary alicyclic amines) is 1. The number of rotatable bonds is 5. The second kappa shape index (κ2) is 7.44. The Morgan fingerprint density at radius 3 is 2.38 bits per heavy atom. The normalized spacial score (nSPS) is 33.0. The van der Waals surface area contributed by atoms with E-state index in [2.05, 4.69) is 10.6 Å². The number of nitrogens with one attached hydrogen (secondary N) is 2. The molecule has 4 rings (SSSR count). The zero-order valence-electron chi connectivity index (χ0n) is 19.6. The van der Waals surface area contributed by atoms with Crippen molar-refractivity contribution in [1.82, 2.24) is 15.5 Å². The van der Waals surface area contributed by atoms with Crippen LogP contribution < -0.4 is 10.6 Å². The first-order chi connectivity index (χ1) is 14.9. The zero-order valence-corrected chi connectivity index (χ0v) is 19.6. The molecule has 0 aliphatic carbocycles. The molecular formula is C25H33N3O4. The van der Waals surface area contributed by atoms with Gasteiger partial charge in [0.2, 0.25) is 17.7 Å². The van der Waals surface area contributed by atoms with Crippen LogP contribution in [0.2, 0.25) is 0 Å². The number of hydrogen-bond donors (Lipinski definition) is 2. The lowest BCUT2D eigenvalue weighted by Crippen LogP contribution is -2.59. The molecule has 1 aromatic carbocycles. The van der Waals surface area contributed by atoms with Crippen LogP contribution in [0.5, 0.6) is 0 Å². The summed E-state index contributed by atoms with van der Waals surface area (Å²) in [7, 11) is 0. The van der Waals surface area contributed by atoms with Gasteiger partial charge >= 0.3 is 0 Å². The van der Waals surface area contributed by atoms with Crippen LogP contribution in [-0.2, 0) is 25.7 Å². The summed E-state index contributed by atoms with van der Waals surface area (Å²) in [5.74, 6) is -2.16. The van der Waals surface area contributed by atoms with Crippen LogP contribution in [0.3, 0.4) is 0 Å². The molecule has 0 saturated carbocycles. The average molecular weight is 440 g/mol. The minimum atomic E-state index is -1.15. The van der Waals surface area contributed by atoms with Gasteiger partial charge in [-0.3, -0.25) is 14.4 Å². The summed E-state index contributed by atoms with van der Waals surface area (Å²) in [6.07, 6.45) is 3.69. The van der Waals surface area contributed by atoms with Gasteiger partial charge in [-0.05, 0) is 47.1 Å². The number of ether oxygens (including phenoxy) is 1. The van der Waals surface area contributed by atoms with E-state index < -0.39 is 34.6 Å². The van der Waals surface area contributed by atoms with Crippen LogP contribution in [0.4, 0.5) is 0 Å². The van der Waals surface area contributed by atoms with Gasteiger partial charge in [0.05, 0.1) is 17.4 Å². The third kappa shape index (κ3) is 3.43. The van der Waals surface area contributed by atoms with E-state index >= 15 is 0 Å². The van der Waals surface area contributed by atoms with Crippen molar-refractivity contribution < 1.29 is 19.1 Å². The summed E-state index contributed by atoms with van der Waals surface area (Å²) in [6.45, 7) is 11.7. The van der Waals surface area contributed by atoms with Crippen molar-refractivity contribution in [3.63, 3.8) is 0 Å². The van der Waals surface area contributed by atoms with Crippen molar-refractivity contribution in [2.24, 2.45) is 11.8 Å². The first-order valence-corrected chi connectivity index (χ1v) is 11.3. The van der Waals surface area contributed by atoms with Crippen molar-refractivity contribution in [1.29, 1.82) is 0 Å². The Bertz CT molecular complexity index is 967. The van der Waals surface area contributed by atoms with Crippen LogP contribution in [-0.4, -0.2) is 51.4 Å². The predicted molar refractivity (Wildman–Crippen MR) is 120 cm³/mol. The van der Waals surface area contributed by atoms with Crippen molar-refractivity contribution >= 4 is 17.7 Å². The maximum absolute atomic E-state index is 13.7. The quantitative estimate of drug-likeness (QED) is 0.689. The number of hydrogen-bond acceptors (Lipinski definition) is 4. The topological polar surface area (TPSA) is 87.7 Å². The molecule has 3 amide bonds. The van der Waals surface area contributed by atoms with Crippen LogP contribution in [0.25, 0.3) is 0 Å². The van der Waals surface area contributed by atoms with Crippen LogP contribution in [0.1, 0.15) is 47.1 Å². The van der Waals surface area contributed by atoms with E-state index in [-0.39, 0.29) is 23.8 Å². The number of carbonyl (C=O) groups is 3. The van der Waals surface area contributed by atoms with Crippen LogP contribution in [0, 0.1) is 11.8 Å². The lowest BCUT2D eigenvalue weighted by atomic mass is 9.70. The van der Waals surface area contributed by atoms with E-state index in [0.29, 0.717) is 6.54 Å². The number of benzene rings is 1. The van der Waals surface area contributed by atoms with Gasteiger partial charge < -0.3 is 20.3 Å². The Balaban J connectivity index is 1.67. The van der Waals surface area contributed by atoms with Gasteiger partial charge in [-0.1, -0.05) is 42.5 Å². The van der Waals surface area contributed by atoms with E-state index in [1.54, 1.807) is 4.90 Å². The number of nitrogens with zero attached hydrogens (tertiary/aromatic N) is 1. The lowest BCUT2D eigenvalue weighted by Gasteiger charge is -2.36. The van der Waals surface area contributed by atoms with Crippen LogP contribution in [0.15, 0.2) is 42.5 Å². The van der Waals surface area contributed by atoms with Gasteiger partial charge in [0.25, 0.3) is 0 Å². The largest absolute Gasteiger partial charge is 0.356 e. The molecule has 2 N–H and O–H groups in total. The highest BCUT2D eigenvalue weighted by molar-refractivity contribution is 6.00. The summed E-state index contributed by atoms with van der Waals surface area (Å²) < 4.78 is 6.46. The molecule has 0 aromatic heterocycles. The van der Waals surface area contributed by atoms with Crippen molar-refractivity contribution in [3.05, 3.63) is 48.0 Å². The summed E-state index contributed by atoms with van der Waals surface area (Å²) in [4.78, 5) is 42.1. The molecule has 1 spiro atoms. The predicted octanol–water partition coefficient (Wildman–Crippen LogP) is 2.17. The summed E-state index contributed by atoms with van der Waals surface area (Å²) in [6, 6.07) is 8.59. The second-order valence-electron chi connectivity index (χ2n) is 10.6. The van der Waals surface area contributed by atoms with E-state index in [4.69, 9.17) is 4.74 Å². The van der Waals surface area contributed by atoms with E-state index in [9.17, 15) is 14.4 Å². The molecule has 7 nitrogen and oxygen atoms in total. The fourth-order valence-corrected chi connectivity index (χ4v) is 5.46. The molecule has 0 radical (unpaired) electrons. The molecule has 5 atom stereocenters. The summed E-state index contributed by atoms with van der Waals surface area (Å²) >= 11 is 0. The van der Waals surface area contributed by atoms with E-state index in [1.807, 2.05) is 84.0 Å². The molecular weight excluding hydrogens is 406 g/mol. The fourth-order valence-electron chi connectivity index (χ4n) is 5.46. The van der Waals surface area contributed by atoms with Gasteiger partial charge in [0, 0.05) is 18.1 Å². The SMILES string of the molecule is CC(C)N1C(=O)C2C(C(=O)NCc3ccccc3)C3(C)C=CC2(O3)C1C(=O)NC(C)(C)C. The zero-order chi connectivity index (χ0) is 23.5. The maximum atomic E-state index is 13.7. The smallest absolute Gasteiger partial charge is 0.246 e. The Kier molecular flexibility index (Phi) is 5.24. The Morgan fingerprint density at radius 2 is 1.78 bits per heavy atom. The van der Waals surface area contributed by atoms with E-state index in [0.717, 1.165) is 5.56 Å². The Morgan fingerprint density at radius 1 is 1.12 bits per heavy atom. The molecule has 3 heterocycles. The average Bonchev–Trinajstić information content (AvgIpc) is 3.26. The van der Waals surface area contributed by atoms with Crippen molar-refractivity contribution in [2.45, 2.75) is 76.9 Å². The first kappa shape index (κ1) is 22.5. The van der Waals surface area contributed by atoms with Gasteiger partial charge in [0.1, 0.15) is 11.6 Å². The third-order valence-electron chi connectivity index (χ3n) is 6.63. The lowest BCUT2D eigenvalue weighted by molar-refractivity contribution is -0.147. The molecule has 32 heavy (non-hydrogen) atoms. The molecule has 2 bridgehead atoms. The monoisotopic (exact) mass is 439 g/mol. The molecule has 3 aliphatic rings. The molecule has 5 unspecified atom stereocenters. The Hall–Kier alpha value is -2.67. The molecule has 2 fully saturated rings. The molecule has 2 saturated heterocycles. The maximum Gasteiger partial charge on any atom is 0.246 e. The number of carbonyl (C=O) groups excluding carboxylic acids is 3. The van der Waals surface area contributed by atoms with E-state index in [1.165, 1.54) is 0 Å². The fraction of sp³-hybridized carbons (Fsp3) is 0.560. The first-order valence-electron chi connectivity index (χ1n) is 11.3. The van der Waals surface area contributed by atoms with Gasteiger partial charge in [-0.15, -0.1) is 0 Å². The van der Waals surface area contributed by atoms with Crippen LogP contribution >= 0.6 is 0 Å². The molecule has 7 heteroatoms. The number of fused-ring (bicyclic) bond motifs is 1. The van der Waals surface area contributed by atoms with Gasteiger partial charge in [-0.2, -0.15) is 0 Å². The molecule has 3 aliphatic heterocycles.